The number of amides is 1. The molecule has 1 amide bonds. The van der Waals surface area contributed by atoms with Crippen molar-refractivity contribution < 1.29 is 4.79 Å². The fourth-order valence-electron chi connectivity index (χ4n) is 4.64. The largest absolute Gasteiger partial charge is 0.296 e. The Labute approximate surface area is 199 Å². The van der Waals surface area contributed by atoms with E-state index >= 15 is 0 Å². The van der Waals surface area contributed by atoms with Gasteiger partial charge in [0.15, 0.2) is 0 Å². The van der Waals surface area contributed by atoms with Crippen LogP contribution in [-0.2, 0) is 10.3 Å². The van der Waals surface area contributed by atoms with Gasteiger partial charge in [0, 0.05) is 16.7 Å². The zero-order valence-corrected chi connectivity index (χ0v) is 20.5. The zero-order valence-electron chi connectivity index (χ0n) is 18.9. The lowest BCUT2D eigenvalue weighted by atomic mass is 9.86. The molecule has 5 nitrogen and oxygen atoms in total. The van der Waals surface area contributed by atoms with Crippen LogP contribution >= 0.6 is 20.7 Å². The molecule has 2 aliphatic heterocycles. The SMILES string of the molecule is Cc1cc2c3c(c1)-c1c(ssc1=Nc1ccc(C)c(C)c1)C(C)(C)N3C(=O)C2=C(C#N)C#N. The van der Waals surface area contributed by atoms with Crippen molar-refractivity contribution in [2.45, 2.75) is 40.2 Å². The number of nitriles is 2. The number of aryl methyl sites for hydroxylation is 3. The predicted molar refractivity (Wildman–Crippen MR) is 132 cm³/mol. The Morgan fingerprint density at radius 2 is 1.70 bits per heavy atom. The molecule has 0 N–H and O–H groups in total. The summed E-state index contributed by atoms with van der Waals surface area (Å²) < 4.78 is 0.907. The van der Waals surface area contributed by atoms with Gasteiger partial charge >= 0.3 is 0 Å². The second-order valence-electron chi connectivity index (χ2n) is 8.94. The number of anilines is 1. The average molecular weight is 469 g/mol. The van der Waals surface area contributed by atoms with Crippen LogP contribution in [0.2, 0.25) is 0 Å². The first-order valence-corrected chi connectivity index (χ1v) is 12.6. The summed E-state index contributed by atoms with van der Waals surface area (Å²) in [5.74, 6) is -0.295. The summed E-state index contributed by atoms with van der Waals surface area (Å²) in [6, 6.07) is 14.0. The molecule has 0 bridgehead atoms. The number of carbonyl (C=O) groups excluding carboxylic acids is 1. The van der Waals surface area contributed by atoms with Gasteiger partial charge in [0.05, 0.1) is 27.4 Å². The Kier molecular flexibility index (Phi) is 4.68. The number of nitrogens with zero attached hydrogens (tertiary/aromatic N) is 4. The van der Waals surface area contributed by atoms with Crippen LogP contribution in [0.1, 0.15) is 41.0 Å². The van der Waals surface area contributed by atoms with Crippen molar-refractivity contribution in [3.8, 4) is 23.3 Å². The van der Waals surface area contributed by atoms with Gasteiger partial charge < -0.3 is 0 Å². The van der Waals surface area contributed by atoms with Crippen molar-refractivity contribution in [2.75, 3.05) is 4.90 Å². The Bertz CT molecular complexity index is 1550. The first kappa shape index (κ1) is 21.3. The fourth-order valence-corrected chi connectivity index (χ4v) is 7.60. The van der Waals surface area contributed by atoms with Gasteiger partial charge in [0.1, 0.15) is 22.4 Å². The highest BCUT2D eigenvalue weighted by atomic mass is 32.9. The van der Waals surface area contributed by atoms with Gasteiger partial charge in [-0.2, -0.15) is 10.5 Å². The van der Waals surface area contributed by atoms with Crippen molar-refractivity contribution in [2.24, 2.45) is 4.99 Å². The first-order valence-electron chi connectivity index (χ1n) is 10.5. The second kappa shape index (κ2) is 7.25. The summed E-state index contributed by atoms with van der Waals surface area (Å²) in [4.78, 5) is 21.4. The third-order valence-corrected chi connectivity index (χ3v) is 9.02. The van der Waals surface area contributed by atoms with Crippen LogP contribution in [0.4, 0.5) is 11.4 Å². The monoisotopic (exact) mass is 468 g/mol. The van der Waals surface area contributed by atoms with E-state index in [1.807, 2.05) is 45.0 Å². The van der Waals surface area contributed by atoms with Crippen molar-refractivity contribution in [1.29, 1.82) is 10.5 Å². The number of allylic oxidation sites excluding steroid dienone is 1. The Hall–Kier alpha value is -3.52. The maximum Gasteiger partial charge on any atom is 0.261 e. The quantitative estimate of drug-likeness (QED) is 0.248. The van der Waals surface area contributed by atoms with Crippen molar-refractivity contribution in [1.82, 2.24) is 0 Å². The predicted octanol–water partition coefficient (Wildman–Crippen LogP) is 6.03. The molecule has 0 saturated carbocycles. The van der Waals surface area contributed by atoms with Crippen LogP contribution in [0.3, 0.4) is 0 Å². The lowest BCUT2D eigenvalue weighted by Crippen LogP contribution is -2.45. The smallest absolute Gasteiger partial charge is 0.261 e. The van der Waals surface area contributed by atoms with Crippen LogP contribution in [-0.4, -0.2) is 5.91 Å². The average Bonchev–Trinajstić information content (AvgIpc) is 3.31. The molecular formula is C26H20N4OS2. The summed E-state index contributed by atoms with van der Waals surface area (Å²) in [6.45, 7) is 10.2. The minimum absolute atomic E-state index is 0.149. The van der Waals surface area contributed by atoms with Gasteiger partial charge in [-0.3, -0.25) is 9.69 Å². The minimum Gasteiger partial charge on any atom is -0.296 e. The topological polar surface area (TPSA) is 80.2 Å². The van der Waals surface area contributed by atoms with E-state index in [1.165, 1.54) is 11.1 Å². The zero-order chi connectivity index (χ0) is 23.7. The van der Waals surface area contributed by atoms with Crippen LogP contribution in [0.15, 0.2) is 40.9 Å². The molecule has 33 heavy (non-hydrogen) atoms. The van der Waals surface area contributed by atoms with Crippen LogP contribution < -0.4 is 9.57 Å². The molecule has 0 fully saturated rings. The molecule has 3 aromatic rings. The van der Waals surface area contributed by atoms with Gasteiger partial charge in [-0.1, -0.05) is 26.7 Å². The fraction of sp³-hybridized carbons (Fsp3) is 0.231. The normalized spacial score (nSPS) is 15.7. The van der Waals surface area contributed by atoms with Crippen LogP contribution in [0.5, 0.6) is 0 Å². The Balaban J connectivity index is 1.87. The minimum atomic E-state index is -0.640. The molecule has 2 aliphatic rings. The van der Waals surface area contributed by atoms with Crippen molar-refractivity contribution in [3.63, 3.8) is 0 Å². The molecule has 0 aliphatic carbocycles. The summed E-state index contributed by atoms with van der Waals surface area (Å²) in [5, 5.41) is 19.1. The van der Waals surface area contributed by atoms with E-state index in [1.54, 1.807) is 25.6 Å². The number of fused-ring (bicyclic) bond motifs is 2. The summed E-state index contributed by atoms with van der Waals surface area (Å²) in [7, 11) is 3.24. The van der Waals surface area contributed by atoms with Gasteiger partial charge in [-0.15, -0.1) is 0 Å². The van der Waals surface area contributed by atoms with Crippen molar-refractivity contribution in [3.05, 3.63) is 67.7 Å². The van der Waals surface area contributed by atoms with Crippen molar-refractivity contribution >= 4 is 43.5 Å². The highest BCUT2D eigenvalue weighted by molar-refractivity contribution is 7.68. The van der Waals surface area contributed by atoms with E-state index in [4.69, 9.17) is 4.99 Å². The molecule has 0 saturated heterocycles. The van der Waals surface area contributed by atoms with Gasteiger partial charge in [-0.05, 0) is 75.6 Å². The first-order chi connectivity index (χ1) is 15.7. The van der Waals surface area contributed by atoms with Gasteiger partial charge in [-0.25, -0.2) is 4.99 Å². The number of hydrogen-bond donors (Lipinski definition) is 0. The molecule has 7 heteroatoms. The highest BCUT2D eigenvalue weighted by Crippen LogP contribution is 2.56. The maximum atomic E-state index is 13.6. The third-order valence-electron chi connectivity index (χ3n) is 6.39. The standard InChI is InChI=1S/C26H20N4OS2/c1-13-8-18-20(16(11-27)12-28)25(31)30-22(18)19(9-13)21-23(26(30,4)5)32-33-24(21)29-17-7-6-14(2)15(3)10-17/h6-10H,1-5H3. The van der Waals surface area contributed by atoms with E-state index in [0.29, 0.717) is 5.56 Å². The molecule has 1 aromatic heterocycles. The van der Waals surface area contributed by atoms with E-state index in [2.05, 4.69) is 32.0 Å². The number of hydrogen-bond acceptors (Lipinski definition) is 6. The molecule has 0 atom stereocenters. The number of carbonyl (C=O) groups is 1. The molecule has 162 valence electrons. The third kappa shape index (κ3) is 2.94. The summed E-state index contributed by atoms with van der Waals surface area (Å²) in [5.41, 5.74) is 7.06. The van der Waals surface area contributed by atoms with E-state index < -0.39 is 5.54 Å². The van der Waals surface area contributed by atoms with Crippen LogP contribution in [0, 0.1) is 43.4 Å². The maximum absolute atomic E-state index is 13.6. The lowest BCUT2D eigenvalue weighted by Gasteiger charge is -2.40. The molecule has 5 rings (SSSR count). The summed E-state index contributed by atoms with van der Waals surface area (Å²) in [6.07, 6.45) is 0. The van der Waals surface area contributed by atoms with E-state index in [-0.39, 0.29) is 17.1 Å². The molecule has 0 unspecified atom stereocenters. The molecular weight excluding hydrogens is 448 g/mol. The van der Waals surface area contributed by atoms with E-state index in [9.17, 15) is 15.3 Å². The number of benzene rings is 2. The highest BCUT2D eigenvalue weighted by Gasteiger charge is 2.50. The lowest BCUT2D eigenvalue weighted by molar-refractivity contribution is -0.114. The Morgan fingerprint density at radius 3 is 2.36 bits per heavy atom. The van der Waals surface area contributed by atoms with Gasteiger partial charge in [0.2, 0.25) is 0 Å². The molecule has 3 heterocycles. The van der Waals surface area contributed by atoms with Crippen LogP contribution in [0.25, 0.3) is 16.7 Å². The number of rotatable bonds is 1. The second-order valence-corrected chi connectivity index (χ2v) is 11.1. The molecule has 0 radical (unpaired) electrons. The van der Waals surface area contributed by atoms with E-state index in [0.717, 1.165) is 37.6 Å². The summed E-state index contributed by atoms with van der Waals surface area (Å²) >= 11 is 0. The van der Waals surface area contributed by atoms with Gasteiger partial charge in [0.25, 0.3) is 5.91 Å². The molecule has 2 aromatic carbocycles. The Morgan fingerprint density at radius 1 is 1.00 bits per heavy atom. The molecule has 0 spiro atoms.